The Morgan fingerprint density at radius 2 is 2.05 bits per heavy atom. The molecule has 0 aliphatic carbocycles. The lowest BCUT2D eigenvalue weighted by Gasteiger charge is -2.20. The summed E-state index contributed by atoms with van der Waals surface area (Å²) in [6, 6.07) is 6.13. The van der Waals surface area contributed by atoms with Crippen LogP contribution in [0.25, 0.3) is 0 Å². The van der Waals surface area contributed by atoms with Crippen LogP contribution in [0.15, 0.2) is 24.3 Å². The Hall–Kier alpha value is -1.20. The molecule has 106 valence electrons. The van der Waals surface area contributed by atoms with Gasteiger partial charge >= 0.3 is 0 Å². The van der Waals surface area contributed by atoms with E-state index in [2.05, 4.69) is 17.6 Å². The fourth-order valence-corrected chi connectivity index (χ4v) is 1.98. The lowest BCUT2D eigenvalue weighted by molar-refractivity contribution is 0.272. The van der Waals surface area contributed by atoms with E-state index in [-0.39, 0.29) is 18.5 Å². The quantitative estimate of drug-likeness (QED) is 0.532. The van der Waals surface area contributed by atoms with Crippen molar-refractivity contribution in [3.8, 4) is 0 Å². The van der Waals surface area contributed by atoms with Crippen LogP contribution in [-0.4, -0.2) is 23.4 Å². The average molecular weight is 284 g/mol. The van der Waals surface area contributed by atoms with Gasteiger partial charge in [-0.15, -0.1) is 0 Å². The van der Waals surface area contributed by atoms with Crippen molar-refractivity contribution in [3.05, 3.63) is 35.6 Å². The standard InChI is InChI=1S/C14H21FN2OS/c1-2-3-9-16-14(19)17-13(8-10-18)11-4-6-12(15)7-5-11/h4-7,13,18H,2-3,8-10H2,1H3,(H2,16,17,19)/t13-/m1/s1. The van der Waals surface area contributed by atoms with Gasteiger partial charge < -0.3 is 15.7 Å². The van der Waals surface area contributed by atoms with Gasteiger partial charge in [0.1, 0.15) is 5.82 Å². The number of aliphatic hydroxyl groups excluding tert-OH is 1. The van der Waals surface area contributed by atoms with E-state index in [4.69, 9.17) is 17.3 Å². The van der Waals surface area contributed by atoms with E-state index in [0.717, 1.165) is 24.9 Å². The molecule has 3 nitrogen and oxygen atoms in total. The summed E-state index contributed by atoms with van der Waals surface area (Å²) in [7, 11) is 0. The minimum atomic E-state index is -0.268. The monoisotopic (exact) mass is 284 g/mol. The highest BCUT2D eigenvalue weighted by Gasteiger charge is 2.12. The first kappa shape index (κ1) is 15.9. The molecule has 0 saturated carbocycles. The highest BCUT2D eigenvalue weighted by molar-refractivity contribution is 7.80. The second-order valence-corrected chi connectivity index (χ2v) is 4.78. The second kappa shape index (κ2) is 8.82. The van der Waals surface area contributed by atoms with Crippen LogP contribution in [0, 0.1) is 5.82 Å². The molecular formula is C14H21FN2OS. The molecule has 0 fully saturated rings. The van der Waals surface area contributed by atoms with Crippen LogP contribution in [0.4, 0.5) is 4.39 Å². The third-order valence-electron chi connectivity index (χ3n) is 2.81. The molecule has 0 heterocycles. The van der Waals surface area contributed by atoms with Gasteiger partial charge in [-0.25, -0.2) is 4.39 Å². The van der Waals surface area contributed by atoms with Gasteiger partial charge in [-0.05, 0) is 42.8 Å². The van der Waals surface area contributed by atoms with E-state index in [1.807, 2.05) is 0 Å². The summed E-state index contributed by atoms with van der Waals surface area (Å²) in [6.45, 7) is 3.00. The molecule has 0 aromatic heterocycles. The van der Waals surface area contributed by atoms with Crippen molar-refractivity contribution < 1.29 is 9.50 Å². The Balaban J connectivity index is 2.57. The van der Waals surface area contributed by atoms with Crippen molar-refractivity contribution >= 4 is 17.3 Å². The summed E-state index contributed by atoms with van der Waals surface area (Å²) in [6.07, 6.45) is 2.69. The molecule has 0 unspecified atom stereocenters. The van der Waals surface area contributed by atoms with Crippen LogP contribution in [0.5, 0.6) is 0 Å². The summed E-state index contributed by atoms with van der Waals surface area (Å²) in [5.41, 5.74) is 0.912. The molecular weight excluding hydrogens is 263 g/mol. The van der Waals surface area contributed by atoms with Gasteiger partial charge in [-0.2, -0.15) is 0 Å². The summed E-state index contributed by atoms with van der Waals surface area (Å²) < 4.78 is 12.9. The van der Waals surface area contributed by atoms with Crippen LogP contribution in [-0.2, 0) is 0 Å². The first-order chi connectivity index (χ1) is 9.17. The normalized spacial score (nSPS) is 11.9. The molecule has 1 rings (SSSR count). The number of hydrogen-bond donors (Lipinski definition) is 3. The van der Waals surface area contributed by atoms with E-state index in [1.165, 1.54) is 12.1 Å². The molecule has 0 aliphatic rings. The zero-order chi connectivity index (χ0) is 14.1. The molecule has 0 saturated heterocycles. The number of nitrogens with one attached hydrogen (secondary N) is 2. The van der Waals surface area contributed by atoms with Crippen molar-refractivity contribution in [2.45, 2.75) is 32.2 Å². The van der Waals surface area contributed by atoms with Gasteiger partial charge in [-0.3, -0.25) is 0 Å². The fourth-order valence-electron chi connectivity index (χ4n) is 1.73. The van der Waals surface area contributed by atoms with Crippen LogP contribution in [0.2, 0.25) is 0 Å². The Bertz CT molecular complexity index is 384. The Labute approximate surface area is 119 Å². The van der Waals surface area contributed by atoms with Crippen molar-refractivity contribution in [3.63, 3.8) is 0 Å². The molecule has 5 heteroatoms. The molecule has 19 heavy (non-hydrogen) atoms. The maximum Gasteiger partial charge on any atom is 0.166 e. The van der Waals surface area contributed by atoms with E-state index >= 15 is 0 Å². The maximum atomic E-state index is 12.9. The molecule has 1 atom stereocenters. The van der Waals surface area contributed by atoms with Gasteiger partial charge in [0.2, 0.25) is 0 Å². The minimum Gasteiger partial charge on any atom is -0.396 e. The van der Waals surface area contributed by atoms with E-state index in [1.54, 1.807) is 12.1 Å². The lowest BCUT2D eigenvalue weighted by Crippen LogP contribution is -2.38. The van der Waals surface area contributed by atoms with Gasteiger partial charge in [0.25, 0.3) is 0 Å². The molecule has 0 aliphatic heterocycles. The summed E-state index contributed by atoms with van der Waals surface area (Å²) in [5, 5.41) is 15.9. The third-order valence-corrected chi connectivity index (χ3v) is 3.07. The number of rotatable bonds is 7. The zero-order valence-electron chi connectivity index (χ0n) is 11.2. The summed E-state index contributed by atoms with van der Waals surface area (Å²) >= 11 is 5.21. The van der Waals surface area contributed by atoms with Crippen molar-refractivity contribution in [2.75, 3.05) is 13.2 Å². The van der Waals surface area contributed by atoms with Gasteiger partial charge in [0.05, 0.1) is 6.04 Å². The molecule has 1 aromatic carbocycles. The highest BCUT2D eigenvalue weighted by atomic mass is 32.1. The Morgan fingerprint density at radius 1 is 1.37 bits per heavy atom. The molecule has 3 N–H and O–H groups in total. The largest absolute Gasteiger partial charge is 0.396 e. The van der Waals surface area contributed by atoms with Crippen LogP contribution in [0.3, 0.4) is 0 Å². The number of aliphatic hydroxyl groups is 1. The Morgan fingerprint density at radius 3 is 2.63 bits per heavy atom. The summed E-state index contributed by atoms with van der Waals surface area (Å²) in [4.78, 5) is 0. The predicted octanol–water partition coefficient (Wildman–Crippen LogP) is 2.51. The first-order valence-corrected chi connectivity index (χ1v) is 6.99. The number of hydrogen-bond acceptors (Lipinski definition) is 2. The van der Waals surface area contributed by atoms with Crippen LogP contribution >= 0.6 is 12.2 Å². The molecule has 1 aromatic rings. The maximum absolute atomic E-state index is 12.9. The van der Waals surface area contributed by atoms with Gasteiger partial charge in [0, 0.05) is 13.2 Å². The van der Waals surface area contributed by atoms with E-state index in [0.29, 0.717) is 11.5 Å². The van der Waals surface area contributed by atoms with Gasteiger partial charge in [0.15, 0.2) is 5.11 Å². The zero-order valence-corrected chi connectivity index (χ0v) is 12.0. The molecule has 0 spiro atoms. The third kappa shape index (κ3) is 5.98. The predicted molar refractivity (Wildman–Crippen MR) is 79.5 cm³/mol. The molecule has 0 radical (unpaired) electrons. The highest BCUT2D eigenvalue weighted by Crippen LogP contribution is 2.16. The molecule has 0 bridgehead atoms. The fraction of sp³-hybridized carbons (Fsp3) is 0.500. The number of thiocarbonyl (C=S) groups is 1. The lowest BCUT2D eigenvalue weighted by atomic mass is 10.0. The van der Waals surface area contributed by atoms with Crippen LogP contribution < -0.4 is 10.6 Å². The molecule has 0 amide bonds. The number of halogens is 1. The number of unbranched alkanes of at least 4 members (excludes halogenated alkanes) is 1. The van der Waals surface area contributed by atoms with Crippen molar-refractivity contribution in [1.82, 2.24) is 10.6 Å². The van der Waals surface area contributed by atoms with E-state index < -0.39 is 0 Å². The topological polar surface area (TPSA) is 44.3 Å². The first-order valence-electron chi connectivity index (χ1n) is 6.58. The van der Waals surface area contributed by atoms with E-state index in [9.17, 15) is 4.39 Å². The number of benzene rings is 1. The Kier molecular flexibility index (Phi) is 7.36. The average Bonchev–Trinajstić information content (AvgIpc) is 2.39. The van der Waals surface area contributed by atoms with Gasteiger partial charge in [-0.1, -0.05) is 25.5 Å². The summed E-state index contributed by atoms with van der Waals surface area (Å²) in [5.74, 6) is -0.268. The van der Waals surface area contributed by atoms with Crippen molar-refractivity contribution in [1.29, 1.82) is 0 Å². The SMILES string of the molecule is CCCCNC(=S)N[C@H](CCO)c1ccc(F)cc1. The smallest absolute Gasteiger partial charge is 0.166 e. The minimum absolute atomic E-state index is 0.0482. The second-order valence-electron chi connectivity index (χ2n) is 4.37. The van der Waals surface area contributed by atoms with Crippen LogP contribution in [0.1, 0.15) is 37.8 Å². The van der Waals surface area contributed by atoms with Crippen molar-refractivity contribution in [2.24, 2.45) is 0 Å².